The van der Waals surface area contributed by atoms with E-state index in [0.29, 0.717) is 26.1 Å². The first-order valence-corrected chi connectivity index (χ1v) is 8.60. The van der Waals surface area contributed by atoms with Crippen molar-refractivity contribution >= 4 is 27.9 Å². The molecule has 1 unspecified atom stereocenters. The number of likely N-dealkylation sites (tertiary alicyclic amines) is 1. The summed E-state index contributed by atoms with van der Waals surface area (Å²) in [5.41, 5.74) is 0.927. The number of hydrogen-bond acceptors (Lipinski definition) is 2. The number of piperidine rings is 1. The number of halogens is 1. The zero-order valence-corrected chi connectivity index (χ0v) is 15.1. The van der Waals surface area contributed by atoms with Crippen LogP contribution in [0.2, 0.25) is 0 Å². The van der Waals surface area contributed by atoms with E-state index in [9.17, 15) is 9.59 Å². The quantitative estimate of drug-likeness (QED) is 0.839. The summed E-state index contributed by atoms with van der Waals surface area (Å²) in [6.07, 6.45) is 1.38. The molecule has 1 atom stereocenters. The molecule has 1 saturated heterocycles. The minimum Gasteiger partial charge on any atom is -0.481 e. The minimum atomic E-state index is -0.822. The Labute approximate surface area is 145 Å². The molecule has 0 aliphatic carbocycles. The molecule has 1 heterocycles. The molecule has 1 aromatic rings. The van der Waals surface area contributed by atoms with Gasteiger partial charge in [-0.05, 0) is 30.5 Å². The lowest BCUT2D eigenvalue weighted by molar-refractivity contribution is -0.143. The number of aliphatic carboxylic acids is 1. The van der Waals surface area contributed by atoms with E-state index < -0.39 is 11.9 Å². The van der Waals surface area contributed by atoms with E-state index in [2.05, 4.69) is 35.1 Å². The molecular formula is C17H23BrN2O3. The van der Waals surface area contributed by atoms with E-state index >= 15 is 0 Å². The van der Waals surface area contributed by atoms with Crippen LogP contribution in [0.1, 0.15) is 32.3 Å². The zero-order chi connectivity index (χ0) is 17.0. The Morgan fingerprint density at radius 2 is 2.17 bits per heavy atom. The molecule has 2 rings (SSSR count). The van der Waals surface area contributed by atoms with Gasteiger partial charge in [-0.25, -0.2) is 4.79 Å². The minimum absolute atomic E-state index is 0.181. The van der Waals surface area contributed by atoms with Gasteiger partial charge in [0.1, 0.15) is 0 Å². The van der Waals surface area contributed by atoms with Crippen LogP contribution in [-0.4, -0.2) is 41.6 Å². The fraction of sp³-hybridized carbons (Fsp3) is 0.529. The predicted molar refractivity (Wildman–Crippen MR) is 92.5 cm³/mol. The molecule has 0 spiro atoms. The maximum Gasteiger partial charge on any atom is 0.317 e. The van der Waals surface area contributed by atoms with E-state index in [0.717, 1.165) is 16.5 Å². The molecule has 126 valence electrons. The Hall–Kier alpha value is -1.56. The first-order chi connectivity index (χ1) is 10.8. The third-order valence-electron chi connectivity index (χ3n) is 4.35. The lowest BCUT2D eigenvalue weighted by atomic mass is 9.85. The summed E-state index contributed by atoms with van der Waals surface area (Å²) in [6.45, 7) is 5.55. The van der Waals surface area contributed by atoms with Crippen LogP contribution >= 0.6 is 15.9 Å². The summed E-state index contributed by atoms with van der Waals surface area (Å²) in [5.74, 6) is -1.27. The average molecular weight is 383 g/mol. The summed E-state index contributed by atoms with van der Waals surface area (Å²) >= 11 is 3.47. The lowest BCUT2D eigenvalue weighted by Crippen LogP contribution is -2.49. The summed E-state index contributed by atoms with van der Waals surface area (Å²) in [7, 11) is 0. The molecular weight excluding hydrogens is 360 g/mol. The Morgan fingerprint density at radius 3 is 2.83 bits per heavy atom. The van der Waals surface area contributed by atoms with Crippen molar-refractivity contribution in [2.24, 2.45) is 5.92 Å². The van der Waals surface area contributed by atoms with Crippen LogP contribution < -0.4 is 5.32 Å². The van der Waals surface area contributed by atoms with Crippen LogP contribution in [0.4, 0.5) is 4.79 Å². The molecule has 2 amide bonds. The number of nitrogens with one attached hydrogen (secondary N) is 1. The van der Waals surface area contributed by atoms with Gasteiger partial charge < -0.3 is 15.3 Å². The van der Waals surface area contributed by atoms with Gasteiger partial charge in [-0.15, -0.1) is 0 Å². The van der Waals surface area contributed by atoms with Gasteiger partial charge in [-0.3, -0.25) is 4.79 Å². The number of benzene rings is 1. The Bertz CT molecular complexity index is 589. The third kappa shape index (κ3) is 4.70. The van der Waals surface area contributed by atoms with E-state index in [4.69, 9.17) is 5.11 Å². The number of urea groups is 1. The number of carbonyl (C=O) groups excluding carboxylic acids is 1. The molecule has 1 fully saturated rings. The van der Waals surface area contributed by atoms with Gasteiger partial charge in [-0.2, -0.15) is 0 Å². The highest BCUT2D eigenvalue weighted by molar-refractivity contribution is 9.10. The molecule has 5 nitrogen and oxygen atoms in total. The van der Waals surface area contributed by atoms with Crippen molar-refractivity contribution in [2.75, 3.05) is 19.6 Å². The predicted octanol–water partition coefficient (Wildman–Crippen LogP) is 3.23. The van der Waals surface area contributed by atoms with Crippen molar-refractivity contribution in [3.63, 3.8) is 0 Å². The van der Waals surface area contributed by atoms with Gasteiger partial charge in [0.05, 0.1) is 5.92 Å². The number of nitrogens with zero attached hydrogens (tertiary/aromatic N) is 1. The Morgan fingerprint density at radius 1 is 1.43 bits per heavy atom. The van der Waals surface area contributed by atoms with Crippen molar-refractivity contribution in [1.29, 1.82) is 0 Å². The van der Waals surface area contributed by atoms with Crippen molar-refractivity contribution in [3.8, 4) is 0 Å². The zero-order valence-electron chi connectivity index (χ0n) is 13.5. The number of rotatable bonds is 4. The fourth-order valence-electron chi connectivity index (χ4n) is 2.78. The monoisotopic (exact) mass is 382 g/mol. The van der Waals surface area contributed by atoms with Crippen molar-refractivity contribution in [2.45, 2.75) is 32.1 Å². The standard InChI is InChI=1S/C17H23BrN2O3/c1-17(2,13-6-3-7-14(18)9-13)11-19-16(23)20-8-4-5-12(10-20)15(21)22/h3,6-7,9,12H,4-5,8,10-11H2,1-2H3,(H,19,23)(H,21,22). The van der Waals surface area contributed by atoms with Gasteiger partial charge in [0.15, 0.2) is 0 Å². The van der Waals surface area contributed by atoms with Crippen LogP contribution in [0.15, 0.2) is 28.7 Å². The normalized spacial score (nSPS) is 18.6. The molecule has 23 heavy (non-hydrogen) atoms. The maximum absolute atomic E-state index is 12.3. The van der Waals surface area contributed by atoms with Gasteiger partial charge in [0.25, 0.3) is 0 Å². The van der Waals surface area contributed by atoms with Gasteiger partial charge in [0.2, 0.25) is 0 Å². The lowest BCUT2D eigenvalue weighted by Gasteiger charge is -2.32. The van der Waals surface area contributed by atoms with Gasteiger partial charge in [0, 0.05) is 29.5 Å². The smallest absolute Gasteiger partial charge is 0.317 e. The van der Waals surface area contributed by atoms with E-state index in [1.807, 2.05) is 24.3 Å². The van der Waals surface area contributed by atoms with Crippen LogP contribution in [0.3, 0.4) is 0 Å². The van der Waals surface area contributed by atoms with Gasteiger partial charge in [-0.1, -0.05) is 41.9 Å². The summed E-state index contributed by atoms with van der Waals surface area (Å²) in [6, 6.07) is 7.86. The topological polar surface area (TPSA) is 69.6 Å². The van der Waals surface area contributed by atoms with Crippen LogP contribution in [0, 0.1) is 5.92 Å². The van der Waals surface area contributed by atoms with Crippen molar-refractivity contribution in [3.05, 3.63) is 34.3 Å². The summed E-state index contributed by atoms with van der Waals surface area (Å²) in [5, 5.41) is 12.1. The van der Waals surface area contributed by atoms with E-state index in [1.165, 1.54) is 0 Å². The molecule has 6 heteroatoms. The number of carboxylic acid groups (broad SMARTS) is 1. The highest BCUT2D eigenvalue weighted by atomic mass is 79.9. The second-order valence-corrected chi connectivity index (χ2v) is 7.59. The second-order valence-electron chi connectivity index (χ2n) is 6.68. The molecule has 1 aromatic carbocycles. The largest absolute Gasteiger partial charge is 0.481 e. The number of amides is 2. The SMILES string of the molecule is CC(C)(CNC(=O)N1CCCC(C(=O)O)C1)c1cccc(Br)c1. The van der Waals surface area contributed by atoms with Crippen LogP contribution in [0.5, 0.6) is 0 Å². The van der Waals surface area contributed by atoms with Crippen molar-refractivity contribution in [1.82, 2.24) is 10.2 Å². The first kappa shape index (κ1) is 17.8. The number of carbonyl (C=O) groups is 2. The summed E-state index contributed by atoms with van der Waals surface area (Å²) in [4.78, 5) is 25.0. The number of hydrogen-bond donors (Lipinski definition) is 2. The van der Waals surface area contributed by atoms with Gasteiger partial charge >= 0.3 is 12.0 Å². The highest BCUT2D eigenvalue weighted by Crippen LogP contribution is 2.25. The van der Waals surface area contributed by atoms with Crippen LogP contribution in [-0.2, 0) is 10.2 Å². The Balaban J connectivity index is 1.94. The van der Waals surface area contributed by atoms with E-state index in [-0.39, 0.29) is 11.4 Å². The summed E-state index contributed by atoms with van der Waals surface area (Å²) < 4.78 is 1.01. The molecule has 1 aliphatic rings. The molecule has 2 N–H and O–H groups in total. The third-order valence-corrected chi connectivity index (χ3v) is 4.84. The molecule has 0 bridgehead atoms. The fourth-order valence-corrected chi connectivity index (χ4v) is 3.18. The Kier molecular flexibility index (Phi) is 5.68. The average Bonchev–Trinajstić information content (AvgIpc) is 2.53. The van der Waals surface area contributed by atoms with E-state index in [1.54, 1.807) is 4.90 Å². The molecule has 0 saturated carbocycles. The second kappa shape index (κ2) is 7.34. The highest BCUT2D eigenvalue weighted by Gasteiger charge is 2.29. The molecule has 1 aliphatic heterocycles. The first-order valence-electron chi connectivity index (χ1n) is 7.81. The maximum atomic E-state index is 12.3. The molecule has 0 radical (unpaired) electrons. The van der Waals surface area contributed by atoms with Crippen molar-refractivity contribution < 1.29 is 14.7 Å². The molecule has 0 aromatic heterocycles. The number of carboxylic acids is 1. The van der Waals surface area contributed by atoms with Crippen LogP contribution in [0.25, 0.3) is 0 Å².